The molecule has 0 aromatic carbocycles. The summed E-state index contributed by atoms with van der Waals surface area (Å²) in [6.45, 7) is 5.76. The van der Waals surface area contributed by atoms with Crippen LogP contribution >= 0.6 is 37.0 Å². The average Bonchev–Trinajstić information content (AvgIpc) is 1.56. The zero-order chi connectivity index (χ0) is 9.28. The number of carbonyl (C=O) groups is 1. The molecular weight excluding hydrogens is 200 g/mol. The van der Waals surface area contributed by atoms with Crippen LogP contribution in [0.2, 0.25) is 0 Å². The minimum atomic E-state index is -1.29. The Bertz CT molecular complexity index is 160. The van der Waals surface area contributed by atoms with Crippen molar-refractivity contribution in [2.75, 3.05) is 0 Å². The van der Waals surface area contributed by atoms with Crippen molar-refractivity contribution >= 4 is 43.0 Å². The van der Waals surface area contributed by atoms with Crippen molar-refractivity contribution in [2.45, 2.75) is 28.9 Å². The summed E-state index contributed by atoms with van der Waals surface area (Å²) >= 11 is 9.00. The summed E-state index contributed by atoms with van der Waals surface area (Å²) in [6.07, 6.45) is 0. The molecule has 0 spiro atoms. The molecule has 0 saturated carbocycles. The molecule has 0 atom stereocenters. The summed E-state index contributed by atoms with van der Waals surface area (Å²) < 4.78 is -1.44. The fourth-order valence-electron chi connectivity index (χ4n) is 0.471. The zero-order valence-corrected chi connectivity index (χ0v) is 9.26. The van der Waals surface area contributed by atoms with Crippen LogP contribution in [0.15, 0.2) is 0 Å². The maximum absolute atomic E-state index is 10.5. The lowest BCUT2D eigenvalue weighted by atomic mass is 10.3. The average molecular weight is 212 g/mol. The normalized spacial score (nSPS) is 13.2. The monoisotopic (exact) mass is 212 g/mol. The molecule has 0 aliphatic carbocycles. The van der Waals surface area contributed by atoms with Crippen molar-refractivity contribution < 1.29 is 9.90 Å². The van der Waals surface area contributed by atoms with E-state index in [1.54, 1.807) is 0 Å². The summed E-state index contributed by atoms with van der Waals surface area (Å²) in [6, 6.07) is 0. The van der Waals surface area contributed by atoms with Gasteiger partial charge in [-0.2, -0.15) is 0 Å². The standard InChI is InChI=1S/C6H12O2S3/c1-5(2,3)11-6(9,10)4(7)8/h9-10H,1-3H3,(H,7,8). The molecule has 11 heavy (non-hydrogen) atoms. The number of aliphatic carboxylic acids is 1. The van der Waals surface area contributed by atoms with E-state index >= 15 is 0 Å². The number of thiol groups is 2. The van der Waals surface area contributed by atoms with Gasteiger partial charge in [-0.15, -0.1) is 37.0 Å². The number of hydrogen-bond acceptors (Lipinski definition) is 4. The minimum Gasteiger partial charge on any atom is -0.479 e. The Hall–Kier alpha value is 0.520. The topological polar surface area (TPSA) is 37.3 Å². The van der Waals surface area contributed by atoms with E-state index in [2.05, 4.69) is 25.3 Å². The van der Waals surface area contributed by atoms with Gasteiger partial charge in [0.2, 0.25) is 0 Å². The van der Waals surface area contributed by atoms with E-state index in [9.17, 15) is 4.79 Å². The van der Waals surface area contributed by atoms with Gasteiger partial charge in [-0.25, -0.2) is 4.79 Å². The van der Waals surface area contributed by atoms with Crippen LogP contribution in [0, 0.1) is 0 Å². The molecule has 0 amide bonds. The molecule has 0 saturated heterocycles. The highest BCUT2D eigenvalue weighted by molar-refractivity contribution is 8.25. The quantitative estimate of drug-likeness (QED) is 0.485. The van der Waals surface area contributed by atoms with Gasteiger partial charge in [0.25, 0.3) is 0 Å². The van der Waals surface area contributed by atoms with Crippen LogP contribution < -0.4 is 0 Å². The Labute approximate surface area is 82.0 Å². The Morgan fingerprint density at radius 3 is 1.82 bits per heavy atom. The van der Waals surface area contributed by atoms with Crippen LogP contribution in [0.1, 0.15) is 20.8 Å². The molecule has 66 valence electrons. The second kappa shape index (κ2) is 3.49. The largest absolute Gasteiger partial charge is 0.479 e. The van der Waals surface area contributed by atoms with E-state index in [0.29, 0.717) is 0 Å². The van der Waals surface area contributed by atoms with Crippen LogP contribution in [0.4, 0.5) is 0 Å². The van der Waals surface area contributed by atoms with E-state index in [-0.39, 0.29) is 4.75 Å². The smallest absolute Gasteiger partial charge is 0.340 e. The summed E-state index contributed by atoms with van der Waals surface area (Å²) in [4.78, 5) is 10.5. The van der Waals surface area contributed by atoms with Crippen LogP contribution in [-0.4, -0.2) is 19.2 Å². The second-order valence-electron chi connectivity index (χ2n) is 3.13. The maximum Gasteiger partial charge on any atom is 0.340 e. The Balaban J connectivity index is 4.25. The number of carboxylic acids is 1. The van der Waals surface area contributed by atoms with Gasteiger partial charge in [0, 0.05) is 4.75 Å². The first-order valence-corrected chi connectivity index (χ1v) is 4.74. The molecule has 2 nitrogen and oxygen atoms in total. The highest BCUT2D eigenvalue weighted by Gasteiger charge is 2.35. The third kappa shape index (κ3) is 4.87. The number of hydrogen-bond donors (Lipinski definition) is 3. The number of rotatable bonds is 2. The fourth-order valence-corrected chi connectivity index (χ4v) is 3.05. The molecule has 0 fully saturated rings. The van der Waals surface area contributed by atoms with E-state index < -0.39 is 9.38 Å². The molecular formula is C6H12O2S3. The third-order valence-electron chi connectivity index (χ3n) is 0.727. The van der Waals surface area contributed by atoms with Crippen molar-refractivity contribution in [2.24, 2.45) is 0 Å². The lowest BCUT2D eigenvalue weighted by molar-refractivity contribution is -0.135. The summed E-state index contributed by atoms with van der Waals surface area (Å²) in [5.41, 5.74) is 0. The molecule has 1 N–H and O–H groups in total. The van der Waals surface area contributed by atoms with Gasteiger partial charge in [0.1, 0.15) is 0 Å². The summed E-state index contributed by atoms with van der Waals surface area (Å²) in [7, 11) is 0. The highest BCUT2D eigenvalue weighted by atomic mass is 32.2. The molecule has 0 aromatic heterocycles. The first-order chi connectivity index (χ1) is 4.65. The third-order valence-corrected chi connectivity index (χ3v) is 2.73. The first-order valence-electron chi connectivity index (χ1n) is 3.03. The van der Waals surface area contributed by atoms with Crippen LogP contribution in [0.5, 0.6) is 0 Å². The van der Waals surface area contributed by atoms with Crippen molar-refractivity contribution in [1.82, 2.24) is 0 Å². The van der Waals surface area contributed by atoms with E-state index in [4.69, 9.17) is 5.11 Å². The fraction of sp³-hybridized carbons (Fsp3) is 0.833. The Morgan fingerprint density at radius 2 is 1.73 bits per heavy atom. The van der Waals surface area contributed by atoms with Crippen molar-refractivity contribution in [3.8, 4) is 0 Å². The van der Waals surface area contributed by atoms with Gasteiger partial charge in [-0.1, -0.05) is 20.8 Å². The van der Waals surface area contributed by atoms with Gasteiger partial charge in [0.05, 0.1) is 0 Å². The Kier molecular flexibility index (Phi) is 3.66. The highest BCUT2D eigenvalue weighted by Crippen LogP contribution is 2.42. The molecule has 0 aromatic rings. The number of carboxylic acid groups (broad SMARTS) is 1. The summed E-state index contributed by atoms with van der Waals surface area (Å²) in [5.74, 6) is -1.02. The predicted molar refractivity (Wildman–Crippen MR) is 55.7 cm³/mol. The van der Waals surface area contributed by atoms with Crippen LogP contribution in [0.25, 0.3) is 0 Å². The SMILES string of the molecule is CC(C)(C)SC(S)(S)C(=O)O. The zero-order valence-electron chi connectivity index (χ0n) is 6.66. The molecule has 0 unspecified atom stereocenters. The molecule has 5 heteroatoms. The van der Waals surface area contributed by atoms with Crippen molar-refractivity contribution in [3.63, 3.8) is 0 Å². The van der Waals surface area contributed by atoms with Crippen LogP contribution in [-0.2, 0) is 4.79 Å². The van der Waals surface area contributed by atoms with Gasteiger partial charge < -0.3 is 5.11 Å². The number of thioether (sulfide) groups is 1. The van der Waals surface area contributed by atoms with Crippen LogP contribution in [0.3, 0.4) is 0 Å². The van der Waals surface area contributed by atoms with Gasteiger partial charge in [-0.05, 0) is 0 Å². The molecule has 0 bridgehead atoms. The Morgan fingerprint density at radius 1 is 1.36 bits per heavy atom. The molecule has 0 aliphatic rings. The minimum absolute atomic E-state index is 0.151. The molecule has 0 heterocycles. The predicted octanol–water partition coefficient (Wildman–Crippen LogP) is 2.12. The second-order valence-corrected chi connectivity index (χ2v) is 7.47. The maximum atomic E-state index is 10.5. The van der Waals surface area contributed by atoms with E-state index in [1.807, 2.05) is 20.8 Å². The van der Waals surface area contributed by atoms with Gasteiger partial charge >= 0.3 is 5.97 Å². The van der Waals surface area contributed by atoms with Gasteiger partial charge in [-0.3, -0.25) is 0 Å². The van der Waals surface area contributed by atoms with Crippen molar-refractivity contribution in [1.29, 1.82) is 0 Å². The lowest BCUT2D eigenvalue weighted by Crippen LogP contribution is -2.27. The van der Waals surface area contributed by atoms with E-state index in [0.717, 1.165) is 0 Å². The molecule has 0 radical (unpaired) electrons. The van der Waals surface area contributed by atoms with Crippen molar-refractivity contribution in [3.05, 3.63) is 0 Å². The molecule has 0 rings (SSSR count). The lowest BCUT2D eigenvalue weighted by Gasteiger charge is -2.26. The van der Waals surface area contributed by atoms with E-state index in [1.165, 1.54) is 11.8 Å². The summed E-state index contributed by atoms with van der Waals surface area (Å²) in [5, 5.41) is 8.63. The van der Waals surface area contributed by atoms with Gasteiger partial charge in [0.15, 0.2) is 3.41 Å². The first kappa shape index (κ1) is 11.5. The molecule has 0 aliphatic heterocycles.